The van der Waals surface area contributed by atoms with E-state index in [0.717, 1.165) is 14.8 Å². The van der Waals surface area contributed by atoms with Gasteiger partial charge in [0.2, 0.25) is 0 Å². The van der Waals surface area contributed by atoms with E-state index >= 15 is 0 Å². The van der Waals surface area contributed by atoms with Gasteiger partial charge in [0.05, 0.1) is 26.0 Å². The minimum absolute atomic E-state index is 0.144. The minimum Gasteiger partial charge on any atom is -0.490 e. The summed E-state index contributed by atoms with van der Waals surface area (Å²) < 4.78 is 12.2. The Morgan fingerprint density at radius 1 is 1.08 bits per heavy atom. The van der Waals surface area contributed by atoms with Crippen LogP contribution in [-0.2, 0) is 4.79 Å². The van der Waals surface area contributed by atoms with Gasteiger partial charge >= 0.3 is 0 Å². The number of anilines is 1. The predicted molar refractivity (Wildman–Crippen MR) is 112 cm³/mol. The van der Waals surface area contributed by atoms with Gasteiger partial charge in [-0.2, -0.15) is 5.10 Å². The molecule has 1 amide bonds. The van der Waals surface area contributed by atoms with Gasteiger partial charge in [-0.05, 0) is 84.5 Å². The molecule has 0 bridgehead atoms. The monoisotopic (exact) mass is 467 g/mol. The number of rotatable bonds is 9. The molecule has 0 unspecified atom stereocenters. The number of nitrogens with zero attached hydrogens (tertiary/aromatic N) is 1. The van der Waals surface area contributed by atoms with Crippen LogP contribution in [0.3, 0.4) is 0 Å². The molecule has 6 nitrogen and oxygen atoms in total. The summed E-state index contributed by atoms with van der Waals surface area (Å²) >= 11 is 2.23. The maximum atomic E-state index is 11.8. The van der Waals surface area contributed by atoms with Crippen LogP contribution in [0.1, 0.15) is 19.4 Å². The first-order valence-electron chi connectivity index (χ1n) is 8.33. The first kappa shape index (κ1) is 20.0. The van der Waals surface area contributed by atoms with Crippen molar-refractivity contribution in [3.05, 3.63) is 51.6 Å². The standard InChI is InChI=1S/C19H22IN3O3/c1-3-25-17-10-5-14(11-18(17)26-4-2)12-22-23-19(24)13-21-16-8-6-15(20)7-9-16/h5-12,21H,3-4,13H2,1-2H3,(H,23,24)/b22-12-. The second-order valence-electron chi connectivity index (χ2n) is 5.23. The van der Waals surface area contributed by atoms with E-state index in [2.05, 4.69) is 38.4 Å². The molecule has 2 aromatic carbocycles. The fourth-order valence-corrected chi connectivity index (χ4v) is 2.48. The van der Waals surface area contributed by atoms with Crippen LogP contribution in [-0.4, -0.2) is 31.9 Å². The molecule has 0 aliphatic heterocycles. The van der Waals surface area contributed by atoms with Crippen LogP contribution in [0.2, 0.25) is 0 Å². The quantitative estimate of drug-likeness (QED) is 0.336. The SMILES string of the molecule is CCOc1ccc(/C=N\NC(=O)CNc2ccc(I)cc2)cc1OCC. The fourth-order valence-electron chi connectivity index (χ4n) is 2.12. The molecule has 138 valence electrons. The molecule has 0 radical (unpaired) electrons. The molecule has 0 aromatic heterocycles. The Balaban J connectivity index is 1.87. The molecule has 26 heavy (non-hydrogen) atoms. The second kappa shape index (κ2) is 10.6. The third-order valence-corrected chi connectivity index (χ3v) is 3.99. The zero-order valence-electron chi connectivity index (χ0n) is 14.8. The number of hydrogen-bond donors (Lipinski definition) is 2. The van der Waals surface area contributed by atoms with Crippen molar-refractivity contribution in [3.63, 3.8) is 0 Å². The van der Waals surface area contributed by atoms with E-state index in [4.69, 9.17) is 9.47 Å². The highest BCUT2D eigenvalue weighted by atomic mass is 127. The van der Waals surface area contributed by atoms with Gasteiger partial charge in [0.1, 0.15) is 0 Å². The number of amides is 1. The van der Waals surface area contributed by atoms with Gasteiger partial charge < -0.3 is 14.8 Å². The van der Waals surface area contributed by atoms with Crippen molar-refractivity contribution < 1.29 is 14.3 Å². The average Bonchev–Trinajstić information content (AvgIpc) is 2.64. The Bertz CT molecular complexity index is 748. The highest BCUT2D eigenvalue weighted by Gasteiger charge is 2.05. The van der Waals surface area contributed by atoms with Gasteiger partial charge in [-0.3, -0.25) is 4.79 Å². The molecular weight excluding hydrogens is 445 g/mol. The van der Waals surface area contributed by atoms with Crippen molar-refractivity contribution in [2.75, 3.05) is 25.1 Å². The molecule has 0 atom stereocenters. The summed E-state index contributed by atoms with van der Waals surface area (Å²) in [4.78, 5) is 11.8. The van der Waals surface area contributed by atoms with E-state index in [-0.39, 0.29) is 12.5 Å². The lowest BCUT2D eigenvalue weighted by molar-refractivity contribution is -0.119. The Kier molecular flexibility index (Phi) is 8.20. The number of nitrogens with one attached hydrogen (secondary N) is 2. The summed E-state index contributed by atoms with van der Waals surface area (Å²) in [6, 6.07) is 13.3. The molecule has 2 N–H and O–H groups in total. The highest BCUT2D eigenvalue weighted by Crippen LogP contribution is 2.27. The summed E-state index contributed by atoms with van der Waals surface area (Å²) in [5.74, 6) is 1.12. The Hall–Kier alpha value is -2.29. The Labute approximate surface area is 167 Å². The molecule has 0 spiro atoms. The molecule has 0 fully saturated rings. The number of ether oxygens (including phenoxy) is 2. The van der Waals surface area contributed by atoms with Crippen LogP contribution >= 0.6 is 22.6 Å². The molecule has 2 aromatic rings. The number of hydrogen-bond acceptors (Lipinski definition) is 5. The number of halogens is 1. The topological polar surface area (TPSA) is 72.0 Å². The van der Waals surface area contributed by atoms with Crippen molar-refractivity contribution in [2.24, 2.45) is 5.10 Å². The zero-order valence-corrected chi connectivity index (χ0v) is 16.9. The van der Waals surface area contributed by atoms with Crippen LogP contribution in [0, 0.1) is 3.57 Å². The van der Waals surface area contributed by atoms with E-state index in [1.165, 1.54) is 0 Å². The Morgan fingerprint density at radius 3 is 2.46 bits per heavy atom. The molecule has 0 saturated carbocycles. The van der Waals surface area contributed by atoms with Gasteiger partial charge in [0, 0.05) is 9.26 Å². The van der Waals surface area contributed by atoms with Crippen LogP contribution < -0.4 is 20.2 Å². The van der Waals surface area contributed by atoms with Crippen molar-refractivity contribution in [1.29, 1.82) is 0 Å². The van der Waals surface area contributed by atoms with Crippen LogP contribution in [0.5, 0.6) is 11.5 Å². The molecule has 7 heteroatoms. The normalized spacial score (nSPS) is 10.6. The largest absolute Gasteiger partial charge is 0.490 e. The van der Waals surface area contributed by atoms with Gasteiger partial charge in [-0.1, -0.05) is 0 Å². The zero-order chi connectivity index (χ0) is 18.8. The summed E-state index contributed by atoms with van der Waals surface area (Å²) in [5.41, 5.74) is 4.19. The molecule has 2 rings (SSSR count). The van der Waals surface area contributed by atoms with E-state index in [9.17, 15) is 4.79 Å². The van der Waals surface area contributed by atoms with Crippen molar-refractivity contribution >= 4 is 40.4 Å². The average molecular weight is 467 g/mol. The first-order valence-corrected chi connectivity index (χ1v) is 9.41. The summed E-state index contributed by atoms with van der Waals surface area (Å²) in [7, 11) is 0. The van der Waals surface area contributed by atoms with E-state index in [1.54, 1.807) is 6.21 Å². The molecule has 0 aliphatic carbocycles. The van der Waals surface area contributed by atoms with E-state index in [0.29, 0.717) is 24.7 Å². The lowest BCUT2D eigenvalue weighted by atomic mass is 10.2. The predicted octanol–water partition coefficient (Wildman–Crippen LogP) is 3.65. The van der Waals surface area contributed by atoms with Crippen molar-refractivity contribution in [2.45, 2.75) is 13.8 Å². The van der Waals surface area contributed by atoms with E-state index < -0.39 is 0 Å². The first-order chi connectivity index (χ1) is 12.6. The lowest BCUT2D eigenvalue weighted by Crippen LogP contribution is -2.25. The van der Waals surface area contributed by atoms with Crippen molar-refractivity contribution in [3.8, 4) is 11.5 Å². The van der Waals surface area contributed by atoms with Gasteiger partial charge in [-0.15, -0.1) is 0 Å². The maximum absolute atomic E-state index is 11.8. The van der Waals surface area contributed by atoms with Crippen LogP contribution in [0.15, 0.2) is 47.6 Å². The minimum atomic E-state index is -0.226. The number of benzene rings is 2. The third kappa shape index (κ3) is 6.55. The van der Waals surface area contributed by atoms with Gasteiger partial charge in [0.25, 0.3) is 5.91 Å². The summed E-state index contributed by atoms with van der Waals surface area (Å²) in [5, 5.41) is 7.02. The smallest absolute Gasteiger partial charge is 0.259 e. The molecule has 0 saturated heterocycles. The fraction of sp³-hybridized carbons (Fsp3) is 0.263. The molecule has 0 aliphatic rings. The van der Waals surface area contributed by atoms with Crippen molar-refractivity contribution in [1.82, 2.24) is 5.43 Å². The van der Waals surface area contributed by atoms with Gasteiger partial charge in [-0.25, -0.2) is 5.43 Å². The molecule has 0 heterocycles. The summed E-state index contributed by atoms with van der Waals surface area (Å²) in [6.45, 7) is 5.09. The van der Waals surface area contributed by atoms with Crippen LogP contribution in [0.4, 0.5) is 5.69 Å². The lowest BCUT2D eigenvalue weighted by Gasteiger charge is -2.11. The van der Waals surface area contributed by atoms with Gasteiger partial charge in [0.15, 0.2) is 11.5 Å². The molecular formula is C19H22IN3O3. The number of carbonyl (C=O) groups is 1. The highest BCUT2D eigenvalue weighted by molar-refractivity contribution is 14.1. The second-order valence-corrected chi connectivity index (χ2v) is 6.47. The maximum Gasteiger partial charge on any atom is 0.259 e. The van der Waals surface area contributed by atoms with Crippen LogP contribution in [0.25, 0.3) is 0 Å². The number of carbonyl (C=O) groups excluding carboxylic acids is 1. The number of hydrazone groups is 1. The van der Waals surface area contributed by atoms with E-state index in [1.807, 2.05) is 56.3 Å². The summed E-state index contributed by atoms with van der Waals surface area (Å²) in [6.07, 6.45) is 1.57. The third-order valence-electron chi connectivity index (χ3n) is 3.27. The Morgan fingerprint density at radius 2 is 1.77 bits per heavy atom.